The Balaban J connectivity index is 5.27. The van der Waals surface area contributed by atoms with E-state index in [9.17, 15) is 47.9 Å². The summed E-state index contributed by atoms with van der Waals surface area (Å²) in [4.78, 5) is 118. The van der Waals surface area contributed by atoms with Crippen molar-refractivity contribution in [2.45, 2.75) is 123 Å². The van der Waals surface area contributed by atoms with Gasteiger partial charge in [-0.15, -0.1) is 0 Å². The Morgan fingerprint density at radius 3 is 1.14 bits per heavy atom. The van der Waals surface area contributed by atoms with Crippen molar-refractivity contribution >= 4 is 59.3 Å². The maximum absolute atomic E-state index is 13.3. The average Bonchev–Trinajstić information content (AvgIpc) is 3.25. The zero-order valence-electron chi connectivity index (χ0n) is 40.4. The van der Waals surface area contributed by atoms with Gasteiger partial charge >= 0.3 is 23.9 Å². The lowest BCUT2D eigenvalue weighted by molar-refractivity contribution is -0.145. The van der Waals surface area contributed by atoms with E-state index < -0.39 is 124 Å². The highest BCUT2D eigenvalue weighted by molar-refractivity contribution is 5.89. The number of hydrogen-bond acceptors (Lipinski definition) is 15. The van der Waals surface area contributed by atoms with Crippen LogP contribution >= 0.6 is 0 Å². The lowest BCUT2D eigenvalue weighted by atomic mass is 9.82. The quantitative estimate of drug-likeness (QED) is 0.0346. The number of hydrogen-bond donors (Lipinski definition) is 10. The number of rotatable bonds is 44. The molecule has 0 saturated carbocycles. The normalized spacial score (nSPS) is 12.5. The van der Waals surface area contributed by atoms with Crippen molar-refractivity contribution in [1.29, 1.82) is 0 Å². The zero-order valence-corrected chi connectivity index (χ0v) is 40.4. The van der Waals surface area contributed by atoms with Crippen molar-refractivity contribution in [2.24, 2.45) is 11.3 Å². The molecular formula is C44H76N6O19. The molecule has 0 aliphatic heterocycles. The molecule has 0 saturated heterocycles. The van der Waals surface area contributed by atoms with Gasteiger partial charge in [-0.05, 0) is 75.5 Å². The van der Waals surface area contributed by atoms with E-state index in [1.54, 1.807) is 0 Å². The number of nitrogens with one attached hydrogen (secondary N) is 6. The summed E-state index contributed by atoms with van der Waals surface area (Å²) in [5.74, 6) is -7.91. The molecule has 0 aromatic heterocycles. The summed E-state index contributed by atoms with van der Waals surface area (Å²) >= 11 is 0. The van der Waals surface area contributed by atoms with E-state index in [0.717, 1.165) is 12.8 Å². The third kappa shape index (κ3) is 37.1. The van der Waals surface area contributed by atoms with Crippen LogP contribution in [-0.4, -0.2) is 184 Å². The van der Waals surface area contributed by atoms with Gasteiger partial charge in [-0.3, -0.25) is 28.8 Å². The molecule has 10 N–H and O–H groups in total. The van der Waals surface area contributed by atoms with E-state index in [0.29, 0.717) is 70.4 Å². The monoisotopic (exact) mass is 993 g/mol. The topological polar surface area (TPSA) is 370 Å². The van der Waals surface area contributed by atoms with E-state index in [2.05, 4.69) is 59.6 Å². The van der Waals surface area contributed by atoms with Crippen molar-refractivity contribution in [3.63, 3.8) is 0 Å². The molecule has 69 heavy (non-hydrogen) atoms. The fourth-order valence-corrected chi connectivity index (χ4v) is 5.92. The second kappa shape index (κ2) is 38.4. The molecule has 0 rings (SSSR count). The molecule has 0 spiro atoms. The Bertz CT molecular complexity index is 1600. The van der Waals surface area contributed by atoms with Crippen molar-refractivity contribution < 1.29 is 92.1 Å². The van der Waals surface area contributed by atoms with Crippen LogP contribution in [0.3, 0.4) is 0 Å². The van der Waals surface area contributed by atoms with E-state index in [1.165, 1.54) is 0 Å². The Morgan fingerprint density at radius 1 is 0.420 bits per heavy atom. The van der Waals surface area contributed by atoms with E-state index in [1.807, 2.05) is 0 Å². The zero-order chi connectivity index (χ0) is 52.0. The van der Waals surface area contributed by atoms with Crippen molar-refractivity contribution in [3.8, 4) is 0 Å². The molecule has 396 valence electrons. The molecule has 6 amide bonds. The molecule has 25 nitrogen and oxygen atoms in total. The minimum atomic E-state index is -1.26. The fourth-order valence-electron chi connectivity index (χ4n) is 5.92. The highest BCUT2D eigenvalue weighted by Crippen LogP contribution is 2.28. The number of aliphatic carboxylic acids is 4. The minimum absolute atomic E-state index is 0.117. The van der Waals surface area contributed by atoms with Crippen LogP contribution in [0.25, 0.3) is 0 Å². The number of ether oxygens (including phenoxy) is 5. The van der Waals surface area contributed by atoms with Crippen molar-refractivity contribution in [3.05, 3.63) is 0 Å². The van der Waals surface area contributed by atoms with Crippen LogP contribution in [0.4, 0.5) is 0 Å². The molecular weight excluding hydrogens is 917 g/mol. The summed E-state index contributed by atoms with van der Waals surface area (Å²) in [7, 11) is 0. The summed E-state index contributed by atoms with van der Waals surface area (Å²) in [5, 5.41) is 50.8. The summed E-state index contributed by atoms with van der Waals surface area (Å²) < 4.78 is 25.6. The first-order valence-corrected chi connectivity index (χ1v) is 23.1. The molecule has 0 fully saturated rings. The Morgan fingerprint density at radius 2 is 0.754 bits per heavy atom. The molecule has 0 aromatic carbocycles. The van der Waals surface area contributed by atoms with Gasteiger partial charge in [0.2, 0.25) is 35.4 Å². The van der Waals surface area contributed by atoms with Gasteiger partial charge in [0.15, 0.2) is 0 Å². The standard InChI is InChI=1S/C44H76N6O19/c1-30(2)44(3,4)29-69-31(14-12-20-48-43(64)33(50-37(54)24-68-28-41(61)62)16-8-11-18-46-35(52)22-66-26-39(57)58)13-6-5-9-19-47-42(63)32(49-36(53)23-67-27-40(59)60)15-7-10-17-45-34(51)21-65-25-38(55)56/h30-33H,5-29H2,1-4H3,(H,45,51)(H,46,52)(H,47,63)(H,48,64)(H,49,53)(H,50,54)(H,55,56)(H,57,58)(H,59,60)(H,61,62). The Kier molecular flexibility index (Phi) is 35.3. The largest absolute Gasteiger partial charge is 0.480 e. The maximum Gasteiger partial charge on any atom is 0.329 e. The molecule has 0 heterocycles. The van der Waals surface area contributed by atoms with Gasteiger partial charge in [0, 0.05) is 26.2 Å². The third-order valence-electron chi connectivity index (χ3n) is 10.4. The maximum atomic E-state index is 13.3. The van der Waals surface area contributed by atoms with Gasteiger partial charge in [-0.25, -0.2) is 19.2 Å². The predicted molar refractivity (Wildman–Crippen MR) is 243 cm³/mol. The van der Waals surface area contributed by atoms with Gasteiger partial charge in [-0.1, -0.05) is 40.5 Å². The summed E-state index contributed by atoms with van der Waals surface area (Å²) in [5.41, 5.74) is -0.117. The molecule has 3 unspecified atom stereocenters. The smallest absolute Gasteiger partial charge is 0.329 e. The highest BCUT2D eigenvalue weighted by Gasteiger charge is 2.26. The van der Waals surface area contributed by atoms with Crippen LogP contribution in [0.1, 0.15) is 105 Å². The molecule has 0 aliphatic carbocycles. The lowest BCUT2D eigenvalue weighted by Gasteiger charge is -2.31. The van der Waals surface area contributed by atoms with Crippen LogP contribution in [0.2, 0.25) is 0 Å². The van der Waals surface area contributed by atoms with Gasteiger partial charge in [0.25, 0.3) is 0 Å². The summed E-state index contributed by atoms with van der Waals surface area (Å²) in [6, 6.07) is -1.95. The number of amides is 6. The highest BCUT2D eigenvalue weighted by atomic mass is 16.5. The predicted octanol–water partition coefficient (Wildman–Crippen LogP) is -0.426. The van der Waals surface area contributed by atoms with Gasteiger partial charge in [0.1, 0.15) is 64.9 Å². The van der Waals surface area contributed by atoms with E-state index in [4.69, 9.17) is 44.1 Å². The fraction of sp³-hybridized carbons (Fsp3) is 0.773. The Labute approximate surface area is 402 Å². The first-order valence-electron chi connectivity index (χ1n) is 23.1. The molecule has 0 radical (unpaired) electrons. The first kappa shape index (κ1) is 63.5. The van der Waals surface area contributed by atoms with Crippen molar-refractivity contribution in [1.82, 2.24) is 31.9 Å². The second-order valence-electron chi connectivity index (χ2n) is 17.1. The molecule has 0 bridgehead atoms. The van der Waals surface area contributed by atoms with Crippen LogP contribution in [0, 0.1) is 11.3 Å². The van der Waals surface area contributed by atoms with Crippen molar-refractivity contribution in [2.75, 3.05) is 85.6 Å². The molecule has 3 atom stereocenters. The van der Waals surface area contributed by atoms with Gasteiger partial charge < -0.3 is 76.0 Å². The van der Waals surface area contributed by atoms with Crippen LogP contribution in [0.15, 0.2) is 0 Å². The Hall–Kier alpha value is -5.50. The third-order valence-corrected chi connectivity index (χ3v) is 10.4. The van der Waals surface area contributed by atoms with Gasteiger partial charge in [-0.2, -0.15) is 0 Å². The first-order chi connectivity index (χ1) is 32.6. The number of unbranched alkanes of at least 4 members (excludes halogenated alkanes) is 4. The van der Waals surface area contributed by atoms with Crippen LogP contribution in [-0.2, 0) is 71.6 Å². The lowest BCUT2D eigenvalue weighted by Crippen LogP contribution is -2.48. The number of carboxylic acids is 4. The second-order valence-corrected chi connectivity index (χ2v) is 17.1. The van der Waals surface area contributed by atoms with E-state index >= 15 is 0 Å². The summed E-state index contributed by atoms with van der Waals surface area (Å²) in [6.07, 6.45) is 5.78. The molecule has 25 heteroatoms. The van der Waals surface area contributed by atoms with Gasteiger partial charge in [0.05, 0.1) is 12.7 Å². The number of carboxylic acid groups (broad SMARTS) is 4. The number of carbonyl (C=O) groups is 10. The van der Waals surface area contributed by atoms with Crippen LogP contribution < -0.4 is 31.9 Å². The SMILES string of the molecule is CC(C)C(C)(C)COC(CCCCCNC(=O)C(CCCCNC(=O)COCC(=O)O)NC(=O)COCC(=O)O)CCCNC(=O)C(CCCCNC(=O)COCC(=O)O)NC(=O)COCC(=O)O. The average molecular weight is 993 g/mol. The minimum Gasteiger partial charge on any atom is -0.480 e. The molecule has 0 aliphatic rings. The van der Waals surface area contributed by atoms with E-state index in [-0.39, 0.29) is 44.0 Å². The number of carbonyl (C=O) groups excluding carboxylic acids is 6. The molecule has 0 aromatic rings. The van der Waals surface area contributed by atoms with Crippen LogP contribution in [0.5, 0.6) is 0 Å². The summed E-state index contributed by atoms with van der Waals surface area (Å²) in [6.45, 7) is 5.30.